The lowest BCUT2D eigenvalue weighted by molar-refractivity contribution is 0.105. The molecular weight excluding hydrogens is 318 g/mol. The molecule has 0 amide bonds. The van der Waals surface area contributed by atoms with Gasteiger partial charge < -0.3 is 4.90 Å². The SMILES string of the molecule is Cc1ccc(C(=O)/C(=C/N2CCc3ccccc32)c2ccccc2)cc1. The second kappa shape index (κ2) is 7.01. The van der Waals surface area contributed by atoms with Crippen molar-refractivity contribution in [2.45, 2.75) is 13.3 Å². The van der Waals surface area contributed by atoms with E-state index in [2.05, 4.69) is 29.2 Å². The minimum absolute atomic E-state index is 0.0561. The number of hydrogen-bond donors (Lipinski definition) is 0. The van der Waals surface area contributed by atoms with E-state index in [4.69, 9.17) is 0 Å². The number of Topliss-reactive ketones (excluding diaryl/α,β-unsaturated/α-hetero) is 1. The molecule has 0 radical (unpaired) electrons. The molecule has 1 heterocycles. The highest BCUT2D eigenvalue weighted by molar-refractivity contribution is 6.29. The zero-order valence-corrected chi connectivity index (χ0v) is 14.9. The van der Waals surface area contributed by atoms with E-state index >= 15 is 0 Å². The Hall–Kier alpha value is -3.13. The van der Waals surface area contributed by atoms with Gasteiger partial charge in [0.2, 0.25) is 0 Å². The lowest BCUT2D eigenvalue weighted by Crippen LogP contribution is -2.15. The Balaban J connectivity index is 1.77. The summed E-state index contributed by atoms with van der Waals surface area (Å²) >= 11 is 0. The van der Waals surface area contributed by atoms with E-state index in [1.807, 2.05) is 67.7 Å². The molecule has 0 fully saturated rings. The van der Waals surface area contributed by atoms with Crippen molar-refractivity contribution in [1.82, 2.24) is 0 Å². The summed E-state index contributed by atoms with van der Waals surface area (Å²) in [6, 6.07) is 26.1. The van der Waals surface area contributed by atoms with Crippen molar-refractivity contribution in [2.24, 2.45) is 0 Å². The highest BCUT2D eigenvalue weighted by Gasteiger charge is 2.20. The summed E-state index contributed by atoms with van der Waals surface area (Å²) in [6.07, 6.45) is 3.02. The van der Waals surface area contributed by atoms with Crippen molar-refractivity contribution >= 4 is 17.0 Å². The van der Waals surface area contributed by atoms with Crippen molar-refractivity contribution in [3.05, 3.63) is 107 Å². The summed E-state index contributed by atoms with van der Waals surface area (Å²) in [5.74, 6) is 0.0561. The Morgan fingerprint density at radius 1 is 0.846 bits per heavy atom. The molecule has 2 nitrogen and oxygen atoms in total. The summed E-state index contributed by atoms with van der Waals surface area (Å²) in [6.45, 7) is 2.93. The van der Waals surface area contributed by atoms with E-state index in [1.165, 1.54) is 11.3 Å². The van der Waals surface area contributed by atoms with Crippen LogP contribution in [0.3, 0.4) is 0 Å². The summed E-state index contributed by atoms with van der Waals surface area (Å²) in [7, 11) is 0. The third-order valence-corrected chi connectivity index (χ3v) is 4.85. The molecular formula is C24H21NO. The standard InChI is InChI=1S/C24H21NO/c1-18-11-13-21(14-12-18)24(26)22(19-7-3-2-4-8-19)17-25-16-15-20-9-5-6-10-23(20)25/h2-14,17H,15-16H2,1H3/b22-17+. The number of fused-ring (bicyclic) bond motifs is 1. The number of rotatable bonds is 4. The van der Waals surface area contributed by atoms with Gasteiger partial charge in [0.25, 0.3) is 0 Å². The molecule has 2 heteroatoms. The maximum absolute atomic E-state index is 13.3. The van der Waals surface area contributed by atoms with Gasteiger partial charge in [0.15, 0.2) is 5.78 Å². The maximum Gasteiger partial charge on any atom is 0.195 e. The van der Waals surface area contributed by atoms with Gasteiger partial charge in [0, 0.05) is 29.6 Å². The van der Waals surface area contributed by atoms with Gasteiger partial charge in [-0.1, -0.05) is 78.4 Å². The van der Waals surface area contributed by atoms with Gasteiger partial charge in [0.1, 0.15) is 0 Å². The second-order valence-electron chi connectivity index (χ2n) is 6.68. The lowest BCUT2D eigenvalue weighted by atomic mass is 9.97. The van der Waals surface area contributed by atoms with Gasteiger partial charge in [-0.15, -0.1) is 0 Å². The van der Waals surface area contributed by atoms with Crippen molar-refractivity contribution < 1.29 is 4.79 Å². The molecule has 4 rings (SSSR count). The molecule has 26 heavy (non-hydrogen) atoms. The van der Waals surface area contributed by atoms with Gasteiger partial charge in [-0.25, -0.2) is 0 Å². The smallest absolute Gasteiger partial charge is 0.195 e. The van der Waals surface area contributed by atoms with Gasteiger partial charge >= 0.3 is 0 Å². The number of benzene rings is 3. The van der Waals surface area contributed by atoms with Crippen LogP contribution < -0.4 is 4.90 Å². The van der Waals surface area contributed by atoms with Gasteiger partial charge in [-0.3, -0.25) is 4.79 Å². The number of hydrogen-bond acceptors (Lipinski definition) is 2. The molecule has 0 bridgehead atoms. The van der Waals surface area contributed by atoms with Crippen LogP contribution in [0, 0.1) is 6.92 Å². The second-order valence-corrected chi connectivity index (χ2v) is 6.68. The van der Waals surface area contributed by atoms with E-state index in [1.54, 1.807) is 0 Å². The van der Waals surface area contributed by atoms with Crippen LogP contribution in [0.2, 0.25) is 0 Å². The van der Waals surface area contributed by atoms with E-state index in [0.29, 0.717) is 0 Å². The number of carbonyl (C=O) groups excluding carboxylic acids is 1. The quantitative estimate of drug-likeness (QED) is 0.476. The third-order valence-electron chi connectivity index (χ3n) is 4.85. The van der Waals surface area contributed by atoms with Crippen LogP contribution in [0.5, 0.6) is 0 Å². The molecule has 0 spiro atoms. The summed E-state index contributed by atoms with van der Waals surface area (Å²) < 4.78 is 0. The molecule has 1 aliphatic rings. The Morgan fingerprint density at radius 3 is 2.31 bits per heavy atom. The zero-order valence-electron chi connectivity index (χ0n) is 14.9. The number of anilines is 1. The van der Waals surface area contributed by atoms with Crippen molar-refractivity contribution in [3.8, 4) is 0 Å². The third kappa shape index (κ3) is 3.18. The Morgan fingerprint density at radius 2 is 1.54 bits per heavy atom. The molecule has 0 aromatic heterocycles. The van der Waals surface area contributed by atoms with Gasteiger partial charge in [-0.05, 0) is 30.5 Å². The predicted octanol–water partition coefficient (Wildman–Crippen LogP) is 5.28. The van der Waals surface area contributed by atoms with Crippen molar-refractivity contribution in [2.75, 3.05) is 11.4 Å². The summed E-state index contributed by atoms with van der Waals surface area (Å²) in [5.41, 5.74) is 6.07. The maximum atomic E-state index is 13.3. The first kappa shape index (κ1) is 16.3. The molecule has 0 saturated carbocycles. The highest BCUT2D eigenvalue weighted by atomic mass is 16.1. The largest absolute Gasteiger partial charge is 0.347 e. The Labute approximate surface area is 154 Å². The molecule has 0 aliphatic carbocycles. The molecule has 0 saturated heterocycles. The van der Waals surface area contributed by atoms with Crippen molar-refractivity contribution in [1.29, 1.82) is 0 Å². The van der Waals surface area contributed by atoms with E-state index in [-0.39, 0.29) is 5.78 Å². The average molecular weight is 339 g/mol. The van der Waals surface area contributed by atoms with Gasteiger partial charge in [-0.2, -0.15) is 0 Å². The number of allylic oxidation sites excluding steroid dienone is 1. The fraction of sp³-hybridized carbons (Fsp3) is 0.125. The average Bonchev–Trinajstić information content (AvgIpc) is 3.10. The minimum atomic E-state index is 0.0561. The molecule has 3 aromatic rings. The molecule has 1 aliphatic heterocycles. The summed E-state index contributed by atoms with van der Waals surface area (Å²) in [4.78, 5) is 15.5. The van der Waals surface area contributed by atoms with Crippen molar-refractivity contribution in [3.63, 3.8) is 0 Å². The first-order chi connectivity index (χ1) is 12.7. The molecule has 128 valence electrons. The predicted molar refractivity (Wildman–Crippen MR) is 107 cm³/mol. The molecule has 0 atom stereocenters. The first-order valence-corrected chi connectivity index (χ1v) is 8.95. The monoisotopic (exact) mass is 339 g/mol. The van der Waals surface area contributed by atoms with Crippen LogP contribution in [0.1, 0.15) is 27.0 Å². The highest BCUT2D eigenvalue weighted by Crippen LogP contribution is 2.30. The topological polar surface area (TPSA) is 20.3 Å². The van der Waals surface area contributed by atoms with Crippen LogP contribution >= 0.6 is 0 Å². The fourth-order valence-corrected chi connectivity index (χ4v) is 3.40. The normalized spacial score (nSPS) is 13.6. The number of nitrogens with zero attached hydrogens (tertiary/aromatic N) is 1. The van der Waals surface area contributed by atoms with Crippen LogP contribution in [0.15, 0.2) is 85.1 Å². The van der Waals surface area contributed by atoms with Crippen LogP contribution in [0.4, 0.5) is 5.69 Å². The van der Waals surface area contributed by atoms with Crippen LogP contribution in [0.25, 0.3) is 5.57 Å². The minimum Gasteiger partial charge on any atom is -0.347 e. The number of ketones is 1. The van der Waals surface area contributed by atoms with Crippen LogP contribution in [-0.4, -0.2) is 12.3 Å². The van der Waals surface area contributed by atoms with Gasteiger partial charge in [0.05, 0.1) is 0 Å². The molecule has 0 N–H and O–H groups in total. The lowest BCUT2D eigenvalue weighted by Gasteiger charge is -2.17. The van der Waals surface area contributed by atoms with E-state index in [0.717, 1.165) is 35.2 Å². The van der Waals surface area contributed by atoms with Crippen LogP contribution in [-0.2, 0) is 6.42 Å². The summed E-state index contributed by atoms with van der Waals surface area (Å²) in [5, 5.41) is 0. The fourth-order valence-electron chi connectivity index (χ4n) is 3.40. The molecule has 3 aromatic carbocycles. The number of carbonyl (C=O) groups is 1. The van der Waals surface area contributed by atoms with E-state index < -0.39 is 0 Å². The Kier molecular flexibility index (Phi) is 4.40. The van der Waals surface area contributed by atoms with E-state index in [9.17, 15) is 4.79 Å². The number of para-hydroxylation sites is 1. The Bertz CT molecular complexity index is 955. The zero-order chi connectivity index (χ0) is 17.9. The number of aryl methyl sites for hydroxylation is 1. The molecule has 0 unspecified atom stereocenters. The first-order valence-electron chi connectivity index (χ1n) is 8.95.